The summed E-state index contributed by atoms with van der Waals surface area (Å²) in [4.78, 5) is 0. The maximum absolute atomic E-state index is 12.3. The van der Waals surface area contributed by atoms with Gasteiger partial charge in [-0.1, -0.05) is 0 Å². The normalized spacial score (nSPS) is 15.9. The van der Waals surface area contributed by atoms with Crippen LogP contribution in [0.15, 0.2) is 11.8 Å². The van der Waals surface area contributed by atoms with Gasteiger partial charge in [0, 0.05) is 19.8 Å². The molecule has 14 heavy (non-hydrogen) atoms. The summed E-state index contributed by atoms with van der Waals surface area (Å²) in [5.74, 6) is 0. The van der Waals surface area contributed by atoms with Crippen molar-refractivity contribution in [1.29, 1.82) is 0 Å². The van der Waals surface area contributed by atoms with E-state index in [-0.39, 0.29) is 6.54 Å². The fraction of sp³-hybridized carbons (Fsp3) is 0.375. The van der Waals surface area contributed by atoms with Crippen molar-refractivity contribution in [2.24, 2.45) is 7.05 Å². The molecule has 0 atom stereocenters. The summed E-state index contributed by atoms with van der Waals surface area (Å²) >= 11 is 0. The predicted octanol–water partition coefficient (Wildman–Crippen LogP) is 1.79. The average molecular weight is 203 g/mol. The number of nitrogens with one attached hydrogen (secondary N) is 1. The van der Waals surface area contributed by atoms with E-state index in [2.05, 4.69) is 10.4 Å². The molecule has 1 N–H and O–H groups in total. The predicted molar refractivity (Wildman–Crippen MR) is 45.7 cm³/mol. The van der Waals surface area contributed by atoms with Crippen molar-refractivity contribution in [3.05, 3.63) is 17.5 Å². The lowest BCUT2D eigenvalue weighted by molar-refractivity contribution is -0.0909. The summed E-state index contributed by atoms with van der Waals surface area (Å²) in [6.45, 7) is -0.192. The zero-order valence-corrected chi connectivity index (χ0v) is 7.39. The van der Waals surface area contributed by atoms with Gasteiger partial charge in [0.05, 0.1) is 11.3 Å². The Bertz CT molecular complexity index is 389. The molecule has 76 valence electrons. The fourth-order valence-corrected chi connectivity index (χ4v) is 1.34. The number of hydrogen-bond donors (Lipinski definition) is 1. The van der Waals surface area contributed by atoms with Crippen LogP contribution >= 0.6 is 0 Å². The highest BCUT2D eigenvalue weighted by Crippen LogP contribution is 2.32. The van der Waals surface area contributed by atoms with Gasteiger partial charge in [-0.05, 0) is 6.08 Å². The molecule has 3 nitrogen and oxygen atoms in total. The zero-order valence-electron chi connectivity index (χ0n) is 7.39. The van der Waals surface area contributed by atoms with E-state index in [4.69, 9.17) is 0 Å². The van der Waals surface area contributed by atoms with Crippen LogP contribution in [-0.4, -0.2) is 22.5 Å². The Morgan fingerprint density at radius 3 is 2.86 bits per heavy atom. The average Bonchev–Trinajstić information content (AvgIpc) is 2.41. The van der Waals surface area contributed by atoms with E-state index in [0.717, 1.165) is 6.08 Å². The number of fused-ring (bicyclic) bond motifs is 1. The Kier molecular flexibility index (Phi) is 1.80. The Hall–Kier alpha value is -1.46. The SMILES string of the molecule is Cn1cc2c(n1)C=C(C(F)(F)F)CN2. The van der Waals surface area contributed by atoms with Crippen molar-refractivity contribution in [3.8, 4) is 0 Å². The molecule has 0 radical (unpaired) electrons. The number of aryl methyl sites for hydroxylation is 1. The van der Waals surface area contributed by atoms with Crippen molar-refractivity contribution in [2.45, 2.75) is 6.18 Å². The van der Waals surface area contributed by atoms with E-state index in [1.165, 1.54) is 4.68 Å². The van der Waals surface area contributed by atoms with E-state index < -0.39 is 11.7 Å². The third-order valence-electron chi connectivity index (χ3n) is 2.00. The molecule has 0 unspecified atom stereocenters. The van der Waals surface area contributed by atoms with E-state index in [9.17, 15) is 13.2 Å². The van der Waals surface area contributed by atoms with Gasteiger partial charge in [0.1, 0.15) is 5.69 Å². The number of alkyl halides is 3. The van der Waals surface area contributed by atoms with Gasteiger partial charge >= 0.3 is 6.18 Å². The largest absolute Gasteiger partial charge is 0.414 e. The molecule has 0 spiro atoms. The fourth-order valence-electron chi connectivity index (χ4n) is 1.34. The molecular formula is C8H8F3N3. The second-order valence-electron chi connectivity index (χ2n) is 3.12. The van der Waals surface area contributed by atoms with Gasteiger partial charge in [-0.15, -0.1) is 0 Å². The first kappa shape index (κ1) is 9.11. The molecule has 0 fully saturated rings. The summed E-state index contributed by atoms with van der Waals surface area (Å²) in [7, 11) is 1.67. The molecule has 0 aromatic carbocycles. The van der Waals surface area contributed by atoms with Crippen LogP contribution in [0.4, 0.5) is 18.9 Å². The van der Waals surface area contributed by atoms with Crippen LogP contribution in [0.5, 0.6) is 0 Å². The third-order valence-corrected chi connectivity index (χ3v) is 2.00. The number of anilines is 1. The first-order chi connectivity index (χ1) is 6.47. The van der Waals surface area contributed by atoms with Gasteiger partial charge in [0.25, 0.3) is 0 Å². The van der Waals surface area contributed by atoms with E-state index in [1.807, 2.05) is 0 Å². The Balaban J connectivity index is 2.40. The maximum Gasteiger partial charge on any atom is 0.414 e. The minimum absolute atomic E-state index is 0.192. The minimum Gasteiger partial charge on any atom is -0.378 e. The maximum atomic E-state index is 12.3. The summed E-state index contributed by atoms with van der Waals surface area (Å²) in [5, 5.41) is 6.56. The summed E-state index contributed by atoms with van der Waals surface area (Å²) in [5.41, 5.74) is 0.385. The number of hydrogen-bond acceptors (Lipinski definition) is 2. The van der Waals surface area contributed by atoms with Gasteiger partial charge in [-0.3, -0.25) is 4.68 Å². The lowest BCUT2D eigenvalue weighted by Gasteiger charge is -2.16. The van der Waals surface area contributed by atoms with Crippen LogP contribution in [0, 0.1) is 0 Å². The van der Waals surface area contributed by atoms with E-state index >= 15 is 0 Å². The molecule has 1 aliphatic rings. The number of aromatic nitrogens is 2. The first-order valence-corrected chi connectivity index (χ1v) is 4.02. The number of rotatable bonds is 0. The Labute approximate surface area is 78.2 Å². The van der Waals surface area contributed by atoms with Crippen molar-refractivity contribution in [3.63, 3.8) is 0 Å². The van der Waals surface area contributed by atoms with Crippen LogP contribution < -0.4 is 5.32 Å². The smallest absolute Gasteiger partial charge is 0.378 e. The lowest BCUT2D eigenvalue weighted by Crippen LogP contribution is -2.22. The molecule has 6 heteroatoms. The minimum atomic E-state index is -4.28. The van der Waals surface area contributed by atoms with Crippen LogP contribution in [0.3, 0.4) is 0 Å². The van der Waals surface area contributed by atoms with Crippen LogP contribution in [0.2, 0.25) is 0 Å². The van der Waals surface area contributed by atoms with Gasteiger partial charge in [0.2, 0.25) is 0 Å². The summed E-state index contributed by atoms with van der Waals surface area (Å²) in [6.07, 6.45) is -1.55. The van der Waals surface area contributed by atoms with Crippen molar-refractivity contribution in [1.82, 2.24) is 9.78 Å². The van der Waals surface area contributed by atoms with E-state index in [0.29, 0.717) is 11.4 Å². The molecule has 2 rings (SSSR count). The van der Waals surface area contributed by atoms with Gasteiger partial charge < -0.3 is 5.32 Å². The lowest BCUT2D eigenvalue weighted by atomic mass is 10.1. The molecule has 0 amide bonds. The van der Waals surface area contributed by atoms with Crippen LogP contribution in [-0.2, 0) is 7.05 Å². The van der Waals surface area contributed by atoms with E-state index in [1.54, 1.807) is 13.2 Å². The van der Waals surface area contributed by atoms with Gasteiger partial charge in [0.15, 0.2) is 0 Å². The topological polar surface area (TPSA) is 29.9 Å². The number of nitrogens with zero attached hydrogens (tertiary/aromatic N) is 2. The van der Waals surface area contributed by atoms with Crippen molar-refractivity contribution >= 4 is 11.8 Å². The number of halogens is 3. The van der Waals surface area contributed by atoms with Crippen LogP contribution in [0.25, 0.3) is 6.08 Å². The molecule has 1 aromatic heterocycles. The molecule has 2 heterocycles. The molecular weight excluding hydrogens is 195 g/mol. The van der Waals surface area contributed by atoms with Gasteiger partial charge in [-0.2, -0.15) is 18.3 Å². The van der Waals surface area contributed by atoms with Gasteiger partial charge in [-0.25, -0.2) is 0 Å². The highest BCUT2D eigenvalue weighted by atomic mass is 19.4. The molecule has 0 saturated heterocycles. The molecule has 0 saturated carbocycles. The molecule has 1 aliphatic heterocycles. The van der Waals surface area contributed by atoms with Crippen molar-refractivity contribution < 1.29 is 13.2 Å². The zero-order chi connectivity index (χ0) is 10.3. The summed E-state index contributed by atoms with van der Waals surface area (Å²) < 4.78 is 38.4. The second-order valence-corrected chi connectivity index (χ2v) is 3.12. The Morgan fingerprint density at radius 1 is 1.50 bits per heavy atom. The molecule has 1 aromatic rings. The quantitative estimate of drug-likeness (QED) is 0.696. The highest BCUT2D eigenvalue weighted by Gasteiger charge is 2.35. The van der Waals surface area contributed by atoms with Crippen LogP contribution in [0.1, 0.15) is 5.69 Å². The standard InChI is InChI=1S/C8H8F3N3/c1-14-4-7-6(13-14)2-5(3-12-7)8(9,10)11/h2,4,12H,3H2,1H3. The second kappa shape index (κ2) is 2.76. The first-order valence-electron chi connectivity index (χ1n) is 4.02. The summed E-state index contributed by atoms with van der Waals surface area (Å²) in [6, 6.07) is 0. The highest BCUT2D eigenvalue weighted by molar-refractivity contribution is 5.69. The molecule has 0 bridgehead atoms. The monoisotopic (exact) mass is 203 g/mol. The van der Waals surface area contributed by atoms with Crippen molar-refractivity contribution in [2.75, 3.05) is 11.9 Å². The third kappa shape index (κ3) is 1.47. The Morgan fingerprint density at radius 2 is 2.21 bits per heavy atom. The molecule has 0 aliphatic carbocycles.